The molecule has 0 atom stereocenters. The number of hydrogen-bond donors (Lipinski definition) is 2. The van der Waals surface area contributed by atoms with Gasteiger partial charge < -0.3 is 19.5 Å². The second-order valence-electron chi connectivity index (χ2n) is 8.63. The molecule has 0 aliphatic rings. The van der Waals surface area contributed by atoms with E-state index in [2.05, 4.69) is 10.3 Å². The maximum absolute atomic E-state index is 13.7. The Morgan fingerprint density at radius 1 is 0.829 bits per heavy atom. The highest BCUT2D eigenvalue weighted by atomic mass is 16.5. The normalized spacial score (nSPS) is 11.5. The van der Waals surface area contributed by atoms with Crippen LogP contribution < -0.4 is 20.9 Å². The van der Waals surface area contributed by atoms with E-state index in [4.69, 9.17) is 9.15 Å². The molecule has 0 unspecified atom stereocenters. The van der Waals surface area contributed by atoms with Gasteiger partial charge in [0.1, 0.15) is 5.75 Å². The lowest BCUT2D eigenvalue weighted by atomic mass is 9.99. The van der Waals surface area contributed by atoms with Crippen LogP contribution in [0.3, 0.4) is 0 Å². The Kier molecular flexibility index (Phi) is 4.81. The summed E-state index contributed by atoms with van der Waals surface area (Å²) >= 11 is 0. The van der Waals surface area contributed by atoms with Crippen LogP contribution in [-0.4, -0.2) is 12.1 Å². The van der Waals surface area contributed by atoms with Crippen molar-refractivity contribution in [1.29, 1.82) is 0 Å². The molecule has 0 fully saturated rings. The fourth-order valence-corrected chi connectivity index (χ4v) is 4.68. The summed E-state index contributed by atoms with van der Waals surface area (Å²) in [6, 6.07) is 22.2. The van der Waals surface area contributed by atoms with E-state index in [0.717, 1.165) is 22.4 Å². The van der Waals surface area contributed by atoms with Crippen molar-refractivity contribution >= 4 is 49.4 Å². The van der Waals surface area contributed by atoms with Crippen molar-refractivity contribution in [1.82, 2.24) is 4.98 Å². The van der Waals surface area contributed by atoms with E-state index in [1.165, 1.54) is 0 Å². The number of para-hydroxylation sites is 1. The predicted octanol–water partition coefficient (Wildman–Crippen LogP) is 5.87. The molecule has 0 saturated carbocycles. The lowest BCUT2D eigenvalue weighted by molar-refractivity contribution is 0.414. The van der Waals surface area contributed by atoms with Gasteiger partial charge in [0, 0.05) is 23.4 Å². The van der Waals surface area contributed by atoms with Crippen LogP contribution in [0.1, 0.15) is 11.1 Å². The van der Waals surface area contributed by atoms with Gasteiger partial charge in [-0.25, -0.2) is 0 Å². The lowest BCUT2D eigenvalue weighted by Crippen LogP contribution is -2.16. The molecule has 0 aliphatic heterocycles. The zero-order valence-corrected chi connectivity index (χ0v) is 19.3. The number of anilines is 1. The van der Waals surface area contributed by atoms with Gasteiger partial charge >= 0.3 is 0 Å². The summed E-state index contributed by atoms with van der Waals surface area (Å²) in [4.78, 5) is 30.8. The number of hydrogen-bond acceptors (Lipinski definition) is 5. The van der Waals surface area contributed by atoms with E-state index in [0.29, 0.717) is 50.5 Å². The van der Waals surface area contributed by atoms with E-state index in [1.54, 1.807) is 37.4 Å². The number of nitrogens with one attached hydrogen (secondary N) is 2. The van der Waals surface area contributed by atoms with Crippen LogP contribution in [0.4, 0.5) is 5.69 Å². The minimum absolute atomic E-state index is 0.187. The molecule has 0 saturated heterocycles. The van der Waals surface area contributed by atoms with Crippen LogP contribution in [-0.2, 0) is 6.54 Å². The van der Waals surface area contributed by atoms with Crippen molar-refractivity contribution in [3.05, 3.63) is 104 Å². The highest BCUT2D eigenvalue weighted by Gasteiger charge is 2.19. The molecule has 0 amide bonds. The number of H-pyrrole nitrogens is 1. The molecule has 6 aromatic rings. The minimum atomic E-state index is -0.201. The number of ether oxygens (including phenoxy) is 1. The van der Waals surface area contributed by atoms with Gasteiger partial charge in [-0.05, 0) is 36.2 Å². The number of benzene rings is 5. The van der Waals surface area contributed by atoms with E-state index in [-0.39, 0.29) is 10.9 Å². The summed E-state index contributed by atoms with van der Waals surface area (Å²) in [5.74, 6) is 0.769. The number of rotatable bonds is 4. The lowest BCUT2D eigenvalue weighted by Gasteiger charge is -2.14. The standard InChI is InChI=1S/C29H22N2O4/c1-16-6-5-9-22-26(16)31-27-23(35-22)14-21(30-15-17-10-12-18(34-2)13-11-17)24-25(27)29(33)20-8-4-3-7-19(20)28(24)32/h3-14,30-31H,15H2,1-2H3. The summed E-state index contributed by atoms with van der Waals surface area (Å²) in [7, 11) is 1.63. The maximum atomic E-state index is 13.7. The summed E-state index contributed by atoms with van der Waals surface area (Å²) in [5, 5.41) is 4.87. The second kappa shape index (κ2) is 8.02. The fraction of sp³-hybridized carbons (Fsp3) is 0.103. The number of fused-ring (bicyclic) bond motifs is 5. The zero-order valence-electron chi connectivity index (χ0n) is 19.3. The average Bonchev–Trinajstić information content (AvgIpc) is 2.89. The third kappa shape index (κ3) is 3.34. The zero-order chi connectivity index (χ0) is 24.1. The van der Waals surface area contributed by atoms with Crippen LogP contribution in [0.2, 0.25) is 0 Å². The van der Waals surface area contributed by atoms with Gasteiger partial charge in [-0.2, -0.15) is 0 Å². The van der Waals surface area contributed by atoms with Gasteiger partial charge in [-0.1, -0.05) is 48.5 Å². The van der Waals surface area contributed by atoms with E-state index in [1.807, 2.05) is 49.4 Å². The van der Waals surface area contributed by atoms with Crippen LogP contribution >= 0.6 is 0 Å². The Morgan fingerprint density at radius 3 is 2.26 bits per heavy atom. The molecule has 2 N–H and O–H groups in total. The highest BCUT2D eigenvalue weighted by molar-refractivity contribution is 6.14. The van der Waals surface area contributed by atoms with E-state index >= 15 is 0 Å². The molecule has 6 nitrogen and oxygen atoms in total. The van der Waals surface area contributed by atoms with Crippen LogP contribution in [0, 0.1) is 6.92 Å². The SMILES string of the molecule is COc1ccc(CNc2cc3oc4cccc(C)c4[nH]c3c3c(=O)c4ccccc4c(=O)c23)cc1. The minimum Gasteiger partial charge on any atom is -0.497 e. The summed E-state index contributed by atoms with van der Waals surface area (Å²) in [6.07, 6.45) is 0. The number of aromatic amines is 1. The highest BCUT2D eigenvalue weighted by Crippen LogP contribution is 2.32. The van der Waals surface area contributed by atoms with Crippen molar-refractivity contribution in [3.8, 4) is 5.75 Å². The monoisotopic (exact) mass is 462 g/mol. The van der Waals surface area contributed by atoms with Crippen molar-refractivity contribution in [2.45, 2.75) is 13.5 Å². The Labute approximate surface area is 199 Å². The van der Waals surface area contributed by atoms with E-state index < -0.39 is 0 Å². The summed E-state index contributed by atoms with van der Waals surface area (Å²) in [5.41, 5.74) is 4.64. The van der Waals surface area contributed by atoms with Crippen LogP contribution in [0.15, 0.2) is 86.8 Å². The molecule has 172 valence electrons. The average molecular weight is 463 g/mol. The molecule has 6 rings (SSSR count). The fourth-order valence-electron chi connectivity index (χ4n) is 4.68. The van der Waals surface area contributed by atoms with Crippen LogP contribution in [0.25, 0.3) is 43.7 Å². The molecular formula is C29H22N2O4. The Hall–Kier alpha value is -4.58. The van der Waals surface area contributed by atoms with E-state index in [9.17, 15) is 9.59 Å². The number of methoxy groups -OCH3 is 1. The molecule has 0 bridgehead atoms. The smallest absolute Gasteiger partial charge is 0.196 e. The van der Waals surface area contributed by atoms with Crippen molar-refractivity contribution in [2.24, 2.45) is 0 Å². The number of aromatic nitrogens is 1. The van der Waals surface area contributed by atoms with Crippen molar-refractivity contribution in [3.63, 3.8) is 0 Å². The number of aryl methyl sites for hydroxylation is 1. The third-order valence-corrected chi connectivity index (χ3v) is 6.51. The van der Waals surface area contributed by atoms with Gasteiger partial charge in [0.25, 0.3) is 0 Å². The van der Waals surface area contributed by atoms with Gasteiger partial charge in [0.15, 0.2) is 22.0 Å². The van der Waals surface area contributed by atoms with Gasteiger partial charge in [0.2, 0.25) is 0 Å². The maximum Gasteiger partial charge on any atom is 0.196 e. The molecule has 0 aliphatic carbocycles. The van der Waals surface area contributed by atoms with Crippen LogP contribution in [0.5, 0.6) is 5.75 Å². The molecular weight excluding hydrogens is 440 g/mol. The third-order valence-electron chi connectivity index (χ3n) is 6.51. The Balaban J connectivity index is 1.67. The first-order valence-electron chi connectivity index (χ1n) is 11.4. The van der Waals surface area contributed by atoms with Gasteiger partial charge in [0.05, 0.1) is 34.6 Å². The molecule has 6 heteroatoms. The second-order valence-corrected chi connectivity index (χ2v) is 8.63. The molecule has 0 spiro atoms. The van der Waals surface area contributed by atoms with Crippen molar-refractivity contribution < 1.29 is 9.15 Å². The van der Waals surface area contributed by atoms with Gasteiger partial charge in [-0.3, -0.25) is 9.59 Å². The molecule has 35 heavy (non-hydrogen) atoms. The molecule has 0 radical (unpaired) electrons. The molecule has 1 heterocycles. The Morgan fingerprint density at radius 2 is 1.54 bits per heavy atom. The molecule has 5 aromatic carbocycles. The largest absolute Gasteiger partial charge is 0.497 e. The molecule has 1 aromatic heterocycles. The summed E-state index contributed by atoms with van der Waals surface area (Å²) < 4.78 is 11.5. The Bertz CT molecular complexity index is 1880. The van der Waals surface area contributed by atoms with Gasteiger partial charge in [-0.15, -0.1) is 0 Å². The van der Waals surface area contributed by atoms with Crippen molar-refractivity contribution in [2.75, 3.05) is 12.4 Å². The first-order chi connectivity index (χ1) is 17.0. The quantitative estimate of drug-likeness (QED) is 0.253. The first-order valence-corrected chi connectivity index (χ1v) is 11.4. The topological polar surface area (TPSA) is 84.3 Å². The first kappa shape index (κ1) is 21.0. The summed E-state index contributed by atoms with van der Waals surface area (Å²) in [6.45, 7) is 2.43. The predicted molar refractivity (Wildman–Crippen MR) is 141 cm³/mol.